The molecule has 7 heteroatoms. The number of hydrogen-bond acceptors (Lipinski definition) is 7. The number of rotatable bonds is 4. The summed E-state index contributed by atoms with van der Waals surface area (Å²) >= 11 is 1.80. The van der Waals surface area contributed by atoms with Crippen LogP contribution in [-0.2, 0) is 0 Å². The summed E-state index contributed by atoms with van der Waals surface area (Å²) in [6.07, 6.45) is 0. The number of hydrogen-bond donors (Lipinski definition) is 1. The van der Waals surface area contributed by atoms with Crippen molar-refractivity contribution in [3.8, 4) is 22.3 Å². The molecule has 0 heterocycles. The Morgan fingerprint density at radius 1 is 1.18 bits per heavy atom. The molecule has 0 saturated carbocycles. The second kappa shape index (κ2) is 6.14. The van der Waals surface area contributed by atoms with Gasteiger partial charge in [0.25, 0.3) is 0 Å². The van der Waals surface area contributed by atoms with Crippen LogP contribution in [0.4, 0.5) is 5.69 Å². The number of nitriles is 2. The highest BCUT2D eigenvalue weighted by atomic mass is 32.2. The molecular formula is C10H9N3O2S2. The average molecular weight is 267 g/mol. The standard InChI is InChI=1S/C10H9N3O2S2/c1-14-6-3-7(16-4-11)9(15-2)10(8(6)13)17-5-12/h3H,13H2,1-2H3. The molecule has 0 unspecified atom stereocenters. The molecule has 0 saturated heterocycles. The van der Waals surface area contributed by atoms with Crippen LogP contribution in [0.5, 0.6) is 11.5 Å². The van der Waals surface area contributed by atoms with Crippen LogP contribution in [-0.4, -0.2) is 14.2 Å². The molecule has 0 atom stereocenters. The molecule has 0 aromatic heterocycles. The van der Waals surface area contributed by atoms with E-state index in [4.69, 9.17) is 25.7 Å². The third-order valence-corrected chi connectivity index (χ3v) is 3.24. The SMILES string of the molecule is COc1cc(SC#N)c(OC)c(SC#N)c1N. The van der Waals surface area contributed by atoms with Crippen molar-refractivity contribution in [1.29, 1.82) is 10.5 Å². The first-order valence-corrected chi connectivity index (χ1v) is 5.99. The van der Waals surface area contributed by atoms with Gasteiger partial charge >= 0.3 is 0 Å². The molecule has 1 aromatic rings. The van der Waals surface area contributed by atoms with Gasteiger partial charge in [0.15, 0.2) is 0 Å². The summed E-state index contributed by atoms with van der Waals surface area (Å²) in [5.41, 5.74) is 6.18. The van der Waals surface area contributed by atoms with Crippen LogP contribution in [0.15, 0.2) is 15.9 Å². The van der Waals surface area contributed by atoms with Crippen molar-refractivity contribution in [2.24, 2.45) is 0 Å². The van der Waals surface area contributed by atoms with Gasteiger partial charge in [0.05, 0.1) is 29.7 Å². The first-order chi connectivity index (χ1) is 8.19. The number of thioether (sulfide) groups is 2. The third kappa shape index (κ3) is 2.70. The predicted molar refractivity (Wildman–Crippen MR) is 66.9 cm³/mol. The Balaban J connectivity index is 3.48. The quantitative estimate of drug-likeness (QED) is 0.508. The largest absolute Gasteiger partial charge is 0.495 e. The zero-order valence-electron chi connectivity index (χ0n) is 9.18. The van der Waals surface area contributed by atoms with Crippen LogP contribution in [0, 0.1) is 21.3 Å². The van der Waals surface area contributed by atoms with Crippen LogP contribution in [0.3, 0.4) is 0 Å². The lowest BCUT2D eigenvalue weighted by Gasteiger charge is -2.14. The molecule has 0 aliphatic carbocycles. The third-order valence-electron chi connectivity index (χ3n) is 1.93. The number of ether oxygens (including phenoxy) is 2. The summed E-state index contributed by atoms with van der Waals surface area (Å²) in [5.74, 6) is 0.836. The summed E-state index contributed by atoms with van der Waals surface area (Å²) in [7, 11) is 2.93. The van der Waals surface area contributed by atoms with Gasteiger partial charge in [0.1, 0.15) is 22.3 Å². The predicted octanol–water partition coefficient (Wildman–Crippen LogP) is 2.43. The second-order valence-corrected chi connectivity index (χ2v) is 4.36. The minimum Gasteiger partial charge on any atom is -0.495 e. The Kier molecular flexibility index (Phi) is 4.83. The van der Waals surface area contributed by atoms with Crippen molar-refractivity contribution in [3.05, 3.63) is 6.07 Å². The Hall–Kier alpha value is -1.70. The fourth-order valence-corrected chi connectivity index (χ4v) is 2.44. The summed E-state index contributed by atoms with van der Waals surface area (Å²) in [5, 5.41) is 21.3. The van der Waals surface area contributed by atoms with E-state index < -0.39 is 0 Å². The van der Waals surface area contributed by atoms with Gasteiger partial charge in [-0.3, -0.25) is 0 Å². The van der Waals surface area contributed by atoms with Gasteiger partial charge in [-0.15, -0.1) is 0 Å². The number of anilines is 1. The Bertz CT molecular complexity index is 506. The van der Waals surface area contributed by atoms with E-state index in [1.165, 1.54) is 14.2 Å². The van der Waals surface area contributed by atoms with Crippen molar-refractivity contribution in [2.45, 2.75) is 9.79 Å². The molecule has 0 aliphatic heterocycles. The summed E-state index contributed by atoms with van der Waals surface area (Å²) in [4.78, 5) is 1.03. The van der Waals surface area contributed by atoms with E-state index in [9.17, 15) is 0 Å². The smallest absolute Gasteiger partial charge is 0.150 e. The lowest BCUT2D eigenvalue weighted by molar-refractivity contribution is 0.386. The van der Waals surface area contributed by atoms with Gasteiger partial charge in [0, 0.05) is 6.07 Å². The number of nitrogens with zero attached hydrogens (tertiary/aromatic N) is 2. The molecule has 2 N–H and O–H groups in total. The van der Waals surface area contributed by atoms with Crippen LogP contribution < -0.4 is 15.2 Å². The maximum absolute atomic E-state index is 8.74. The maximum Gasteiger partial charge on any atom is 0.150 e. The zero-order chi connectivity index (χ0) is 12.8. The van der Waals surface area contributed by atoms with Crippen LogP contribution in [0.25, 0.3) is 0 Å². The average Bonchev–Trinajstić information content (AvgIpc) is 2.33. The molecule has 0 amide bonds. The van der Waals surface area contributed by atoms with Gasteiger partial charge in [0.2, 0.25) is 0 Å². The number of thiocyanates is 2. The second-order valence-electron chi connectivity index (χ2n) is 2.74. The van der Waals surface area contributed by atoms with E-state index in [2.05, 4.69) is 0 Å². The topological polar surface area (TPSA) is 92.1 Å². The molecular weight excluding hydrogens is 258 g/mol. The van der Waals surface area contributed by atoms with Crippen molar-refractivity contribution in [3.63, 3.8) is 0 Å². The highest BCUT2D eigenvalue weighted by molar-refractivity contribution is 8.04. The number of nitrogens with two attached hydrogens (primary N) is 1. The van der Waals surface area contributed by atoms with E-state index in [0.717, 1.165) is 23.5 Å². The molecule has 0 spiro atoms. The molecule has 5 nitrogen and oxygen atoms in total. The monoisotopic (exact) mass is 267 g/mol. The fraction of sp³-hybridized carbons (Fsp3) is 0.200. The number of nitrogen functional groups attached to an aromatic ring is 1. The number of benzene rings is 1. The molecule has 0 fully saturated rings. The van der Waals surface area contributed by atoms with Gasteiger partial charge in [-0.1, -0.05) is 0 Å². The van der Waals surface area contributed by atoms with E-state index in [1.807, 2.05) is 10.8 Å². The lowest BCUT2D eigenvalue weighted by atomic mass is 10.2. The van der Waals surface area contributed by atoms with Gasteiger partial charge < -0.3 is 15.2 Å². The summed E-state index contributed by atoms with van der Waals surface area (Å²) in [6, 6.07) is 1.61. The minimum absolute atomic E-state index is 0.332. The maximum atomic E-state index is 8.74. The molecule has 0 radical (unpaired) electrons. The number of methoxy groups -OCH3 is 2. The highest BCUT2D eigenvalue weighted by Gasteiger charge is 2.18. The normalized spacial score (nSPS) is 9.18. The van der Waals surface area contributed by atoms with Gasteiger partial charge in [-0.25, -0.2) is 0 Å². The van der Waals surface area contributed by atoms with Crippen LogP contribution >= 0.6 is 23.5 Å². The van der Waals surface area contributed by atoms with E-state index >= 15 is 0 Å². The molecule has 17 heavy (non-hydrogen) atoms. The Morgan fingerprint density at radius 3 is 2.29 bits per heavy atom. The molecule has 88 valence electrons. The molecule has 0 bridgehead atoms. The first kappa shape index (κ1) is 13.4. The fourth-order valence-electron chi connectivity index (χ4n) is 1.24. The Labute approximate surface area is 107 Å². The van der Waals surface area contributed by atoms with Gasteiger partial charge in [-0.2, -0.15) is 10.5 Å². The van der Waals surface area contributed by atoms with Crippen molar-refractivity contribution < 1.29 is 9.47 Å². The van der Waals surface area contributed by atoms with E-state index in [1.54, 1.807) is 6.07 Å². The van der Waals surface area contributed by atoms with Crippen molar-refractivity contribution >= 4 is 29.2 Å². The van der Waals surface area contributed by atoms with E-state index in [0.29, 0.717) is 27.0 Å². The highest BCUT2D eigenvalue weighted by Crippen LogP contribution is 2.46. The zero-order valence-corrected chi connectivity index (χ0v) is 10.8. The first-order valence-electron chi connectivity index (χ1n) is 4.35. The Morgan fingerprint density at radius 2 is 1.82 bits per heavy atom. The van der Waals surface area contributed by atoms with E-state index in [-0.39, 0.29) is 0 Å². The van der Waals surface area contributed by atoms with Crippen LogP contribution in [0.1, 0.15) is 0 Å². The minimum atomic E-state index is 0.332. The lowest BCUT2D eigenvalue weighted by Crippen LogP contribution is -1.98. The van der Waals surface area contributed by atoms with Crippen LogP contribution in [0.2, 0.25) is 0 Å². The molecule has 1 rings (SSSR count). The molecule has 0 aliphatic rings. The summed E-state index contributed by atoms with van der Waals surface area (Å²) < 4.78 is 10.3. The van der Waals surface area contributed by atoms with Crippen molar-refractivity contribution in [2.75, 3.05) is 20.0 Å². The van der Waals surface area contributed by atoms with Gasteiger partial charge in [-0.05, 0) is 23.5 Å². The molecule has 1 aromatic carbocycles. The van der Waals surface area contributed by atoms with Crippen molar-refractivity contribution in [1.82, 2.24) is 0 Å². The summed E-state index contributed by atoms with van der Waals surface area (Å²) in [6.45, 7) is 0.